The lowest BCUT2D eigenvalue weighted by molar-refractivity contribution is 0.0650. The molecule has 20 heavy (non-hydrogen) atoms. The van der Waals surface area contributed by atoms with Crippen molar-refractivity contribution in [1.82, 2.24) is 10.2 Å². The summed E-state index contributed by atoms with van der Waals surface area (Å²) in [5, 5.41) is 3.74. The molecule has 1 saturated carbocycles. The van der Waals surface area contributed by atoms with Crippen molar-refractivity contribution in [2.24, 2.45) is 11.3 Å². The predicted molar refractivity (Wildman–Crippen MR) is 85.1 cm³/mol. The van der Waals surface area contributed by atoms with Crippen LogP contribution in [0, 0.1) is 11.3 Å². The maximum Gasteiger partial charge on any atom is 0.0494 e. The van der Waals surface area contributed by atoms with Crippen LogP contribution in [0.2, 0.25) is 0 Å². The van der Waals surface area contributed by atoms with Gasteiger partial charge < -0.3 is 10.1 Å². The number of hydrogen-bond acceptors (Lipinski definition) is 3. The fourth-order valence-electron chi connectivity index (χ4n) is 3.02. The second kappa shape index (κ2) is 7.24. The number of rotatable bonds is 7. The molecular weight excluding hydrogens is 248 g/mol. The first-order valence-electron chi connectivity index (χ1n) is 8.56. The number of nitrogens with one attached hydrogen (secondary N) is 1. The van der Waals surface area contributed by atoms with Crippen LogP contribution < -0.4 is 5.32 Å². The van der Waals surface area contributed by atoms with Gasteiger partial charge in [-0.1, -0.05) is 27.7 Å². The molecule has 2 unspecified atom stereocenters. The lowest BCUT2D eigenvalue weighted by atomic mass is 9.84. The van der Waals surface area contributed by atoms with Crippen LogP contribution in [0.5, 0.6) is 0 Å². The third-order valence-corrected chi connectivity index (χ3v) is 4.83. The lowest BCUT2D eigenvalue weighted by Crippen LogP contribution is -2.60. The molecule has 2 fully saturated rings. The number of hydrogen-bond donors (Lipinski definition) is 1. The van der Waals surface area contributed by atoms with E-state index in [-0.39, 0.29) is 0 Å². The van der Waals surface area contributed by atoms with Crippen LogP contribution in [0.1, 0.15) is 53.4 Å². The van der Waals surface area contributed by atoms with Gasteiger partial charge in [0.05, 0.1) is 0 Å². The van der Waals surface area contributed by atoms with Crippen molar-refractivity contribution < 1.29 is 4.74 Å². The van der Waals surface area contributed by atoms with Gasteiger partial charge in [0.15, 0.2) is 0 Å². The first kappa shape index (κ1) is 16.3. The highest BCUT2D eigenvalue weighted by atomic mass is 16.5. The highest BCUT2D eigenvalue weighted by Gasteiger charge is 2.32. The van der Waals surface area contributed by atoms with Crippen LogP contribution in [-0.4, -0.2) is 49.8 Å². The Labute approximate surface area is 125 Å². The van der Waals surface area contributed by atoms with Crippen molar-refractivity contribution in [3.05, 3.63) is 0 Å². The summed E-state index contributed by atoms with van der Waals surface area (Å²) in [6.07, 6.45) is 5.21. The molecule has 1 N–H and O–H groups in total. The molecule has 2 rings (SSSR count). The minimum absolute atomic E-state index is 0.347. The summed E-state index contributed by atoms with van der Waals surface area (Å²) >= 11 is 0. The summed E-state index contributed by atoms with van der Waals surface area (Å²) in [6, 6.07) is 1.31. The summed E-state index contributed by atoms with van der Waals surface area (Å²) in [7, 11) is 0. The lowest BCUT2D eigenvalue weighted by Gasteiger charge is -2.45. The standard InChI is InChI=1S/C17H34N2O/c1-5-15-11-18-16(17(2,3)4)12-19(15)9-6-10-20-13-14-7-8-14/h14-16,18H,5-13H2,1-4H3. The Kier molecular flexibility index (Phi) is 5.88. The van der Waals surface area contributed by atoms with Crippen LogP contribution in [0.25, 0.3) is 0 Å². The molecule has 1 saturated heterocycles. The fraction of sp³-hybridized carbons (Fsp3) is 1.00. The maximum absolute atomic E-state index is 5.77. The first-order chi connectivity index (χ1) is 9.50. The van der Waals surface area contributed by atoms with E-state index >= 15 is 0 Å². The van der Waals surface area contributed by atoms with Crippen LogP contribution in [0.15, 0.2) is 0 Å². The van der Waals surface area contributed by atoms with Gasteiger partial charge in [-0.05, 0) is 37.0 Å². The Balaban J connectivity index is 1.70. The van der Waals surface area contributed by atoms with Crippen molar-refractivity contribution in [3.63, 3.8) is 0 Å². The Bertz CT molecular complexity index is 283. The Morgan fingerprint density at radius 2 is 2.00 bits per heavy atom. The third-order valence-electron chi connectivity index (χ3n) is 4.83. The Hall–Kier alpha value is -0.120. The number of nitrogens with zero attached hydrogens (tertiary/aromatic N) is 1. The van der Waals surface area contributed by atoms with E-state index in [1.54, 1.807) is 0 Å². The molecule has 1 heterocycles. The molecule has 0 amide bonds. The second-order valence-corrected chi connectivity index (χ2v) is 7.76. The van der Waals surface area contributed by atoms with Crippen LogP contribution in [0.3, 0.4) is 0 Å². The minimum atomic E-state index is 0.347. The van der Waals surface area contributed by atoms with Gasteiger partial charge in [0.1, 0.15) is 0 Å². The van der Waals surface area contributed by atoms with E-state index in [2.05, 4.69) is 37.9 Å². The van der Waals surface area contributed by atoms with Crippen molar-refractivity contribution in [1.29, 1.82) is 0 Å². The summed E-state index contributed by atoms with van der Waals surface area (Å²) in [4.78, 5) is 2.69. The van der Waals surface area contributed by atoms with Gasteiger partial charge in [-0.25, -0.2) is 0 Å². The van der Waals surface area contributed by atoms with E-state index in [1.807, 2.05) is 0 Å². The molecule has 118 valence electrons. The molecule has 0 aromatic heterocycles. The van der Waals surface area contributed by atoms with Gasteiger partial charge >= 0.3 is 0 Å². The smallest absolute Gasteiger partial charge is 0.0494 e. The van der Waals surface area contributed by atoms with E-state index in [9.17, 15) is 0 Å². The van der Waals surface area contributed by atoms with Crippen molar-refractivity contribution in [3.8, 4) is 0 Å². The molecule has 3 nitrogen and oxygen atoms in total. The molecule has 3 heteroatoms. The van der Waals surface area contributed by atoms with Crippen LogP contribution in [-0.2, 0) is 4.74 Å². The first-order valence-corrected chi connectivity index (χ1v) is 8.56. The maximum atomic E-state index is 5.77. The van der Waals surface area contributed by atoms with E-state index in [1.165, 1.54) is 38.8 Å². The van der Waals surface area contributed by atoms with Gasteiger partial charge in [0, 0.05) is 44.9 Å². The second-order valence-electron chi connectivity index (χ2n) is 7.76. The SMILES string of the molecule is CCC1CNC(C(C)(C)C)CN1CCCOCC1CC1. The van der Waals surface area contributed by atoms with E-state index in [0.29, 0.717) is 17.5 Å². The summed E-state index contributed by atoms with van der Waals surface area (Å²) < 4.78 is 5.77. The molecule has 0 aromatic carbocycles. The largest absolute Gasteiger partial charge is 0.381 e. The molecule has 0 spiro atoms. The highest BCUT2D eigenvalue weighted by molar-refractivity contribution is 4.91. The van der Waals surface area contributed by atoms with Gasteiger partial charge in [-0.15, -0.1) is 0 Å². The van der Waals surface area contributed by atoms with Gasteiger partial charge in [-0.3, -0.25) is 4.90 Å². The van der Waals surface area contributed by atoms with Crippen molar-refractivity contribution in [2.75, 3.05) is 32.8 Å². The Morgan fingerprint density at radius 3 is 2.60 bits per heavy atom. The van der Waals surface area contributed by atoms with Crippen LogP contribution in [0.4, 0.5) is 0 Å². The van der Waals surface area contributed by atoms with E-state index in [4.69, 9.17) is 4.74 Å². The zero-order valence-electron chi connectivity index (χ0n) is 14.0. The molecular formula is C17H34N2O. The van der Waals surface area contributed by atoms with Crippen molar-refractivity contribution >= 4 is 0 Å². The zero-order valence-corrected chi connectivity index (χ0v) is 14.0. The predicted octanol–water partition coefficient (Wildman–Crippen LogP) is 2.90. The zero-order chi connectivity index (χ0) is 14.6. The normalized spacial score (nSPS) is 28.8. The molecule has 0 radical (unpaired) electrons. The van der Waals surface area contributed by atoms with Gasteiger partial charge in [0.2, 0.25) is 0 Å². The molecule has 0 bridgehead atoms. The number of ether oxygens (including phenoxy) is 1. The minimum Gasteiger partial charge on any atom is -0.381 e. The molecule has 1 aliphatic carbocycles. The van der Waals surface area contributed by atoms with Gasteiger partial charge in [-0.2, -0.15) is 0 Å². The average Bonchev–Trinajstić information content (AvgIpc) is 3.21. The van der Waals surface area contributed by atoms with Gasteiger partial charge in [0.25, 0.3) is 0 Å². The molecule has 0 aromatic rings. The van der Waals surface area contributed by atoms with Crippen molar-refractivity contribution in [2.45, 2.75) is 65.5 Å². The molecule has 1 aliphatic heterocycles. The molecule has 2 aliphatic rings. The number of piperazine rings is 1. The van der Waals surface area contributed by atoms with E-state index < -0.39 is 0 Å². The Morgan fingerprint density at radius 1 is 1.25 bits per heavy atom. The highest BCUT2D eigenvalue weighted by Crippen LogP contribution is 2.28. The summed E-state index contributed by atoms with van der Waals surface area (Å²) in [5.41, 5.74) is 0.347. The monoisotopic (exact) mass is 282 g/mol. The third kappa shape index (κ3) is 5.01. The topological polar surface area (TPSA) is 24.5 Å². The average molecular weight is 282 g/mol. The summed E-state index contributed by atoms with van der Waals surface area (Å²) in [5.74, 6) is 0.892. The summed E-state index contributed by atoms with van der Waals surface area (Å²) in [6.45, 7) is 14.8. The van der Waals surface area contributed by atoms with Crippen LogP contribution >= 0.6 is 0 Å². The van der Waals surface area contributed by atoms with E-state index in [0.717, 1.165) is 25.7 Å². The fourth-order valence-corrected chi connectivity index (χ4v) is 3.02. The molecule has 2 atom stereocenters. The quantitative estimate of drug-likeness (QED) is 0.727.